The molecule has 17 heavy (non-hydrogen) atoms. The third-order valence-corrected chi connectivity index (χ3v) is 3.36. The maximum atomic E-state index is 9.48. The number of ether oxygens (including phenoxy) is 1. The molecule has 0 bridgehead atoms. The van der Waals surface area contributed by atoms with Crippen molar-refractivity contribution in [3.05, 3.63) is 29.8 Å². The van der Waals surface area contributed by atoms with Crippen molar-refractivity contribution in [3.63, 3.8) is 0 Å². The Kier molecular flexibility index (Phi) is 4.40. The molecule has 1 fully saturated rings. The lowest BCUT2D eigenvalue weighted by Crippen LogP contribution is -2.37. The third-order valence-electron chi connectivity index (χ3n) is 3.36. The highest BCUT2D eigenvalue weighted by Gasteiger charge is 2.23. The van der Waals surface area contributed by atoms with E-state index in [1.54, 1.807) is 0 Å². The molecule has 2 rings (SSSR count). The van der Waals surface area contributed by atoms with Crippen molar-refractivity contribution in [2.24, 2.45) is 5.92 Å². The average Bonchev–Trinajstić information content (AvgIpc) is 2.39. The Morgan fingerprint density at radius 2 is 2.18 bits per heavy atom. The number of benzene rings is 1. The van der Waals surface area contributed by atoms with E-state index >= 15 is 0 Å². The normalized spacial score (nSPS) is 22.1. The Hall–Kier alpha value is -1.06. The second-order valence-corrected chi connectivity index (χ2v) is 4.78. The fourth-order valence-electron chi connectivity index (χ4n) is 2.26. The smallest absolute Gasteiger partial charge is 0.0636 e. The summed E-state index contributed by atoms with van der Waals surface area (Å²) >= 11 is 0. The Morgan fingerprint density at radius 3 is 2.76 bits per heavy atom. The van der Waals surface area contributed by atoms with Gasteiger partial charge in [0.25, 0.3) is 0 Å². The zero-order chi connectivity index (χ0) is 12.1. The standard InChI is InChI=1S/C14H21NO2/c1-11-4-6-13(7-5-11)15-14(9-16)12-3-2-8-17-10-12/h4-7,12,14-16H,2-3,8-10H2,1H3. The van der Waals surface area contributed by atoms with Crippen LogP contribution in [0.1, 0.15) is 18.4 Å². The van der Waals surface area contributed by atoms with Crippen LogP contribution in [0.25, 0.3) is 0 Å². The summed E-state index contributed by atoms with van der Waals surface area (Å²) in [6.07, 6.45) is 2.22. The van der Waals surface area contributed by atoms with Gasteiger partial charge in [0.1, 0.15) is 0 Å². The van der Waals surface area contributed by atoms with Gasteiger partial charge in [0.2, 0.25) is 0 Å². The van der Waals surface area contributed by atoms with Gasteiger partial charge < -0.3 is 15.2 Å². The van der Waals surface area contributed by atoms with Crippen LogP contribution in [-0.2, 0) is 4.74 Å². The van der Waals surface area contributed by atoms with Crippen LogP contribution in [0.15, 0.2) is 24.3 Å². The molecule has 1 heterocycles. The first-order valence-corrected chi connectivity index (χ1v) is 6.31. The molecule has 1 aliphatic rings. The van der Waals surface area contributed by atoms with Gasteiger partial charge in [-0.05, 0) is 31.9 Å². The van der Waals surface area contributed by atoms with Gasteiger partial charge in [0.15, 0.2) is 0 Å². The highest BCUT2D eigenvalue weighted by atomic mass is 16.5. The van der Waals surface area contributed by atoms with Crippen molar-refractivity contribution in [1.29, 1.82) is 0 Å². The van der Waals surface area contributed by atoms with Gasteiger partial charge >= 0.3 is 0 Å². The molecule has 0 radical (unpaired) electrons. The van der Waals surface area contributed by atoms with Crippen molar-refractivity contribution >= 4 is 5.69 Å². The molecule has 1 aromatic carbocycles. The summed E-state index contributed by atoms with van der Waals surface area (Å²) in [5.74, 6) is 0.412. The van der Waals surface area contributed by atoms with E-state index in [0.29, 0.717) is 5.92 Å². The van der Waals surface area contributed by atoms with Crippen molar-refractivity contribution in [1.82, 2.24) is 0 Å². The number of hydrogen-bond acceptors (Lipinski definition) is 3. The summed E-state index contributed by atoms with van der Waals surface area (Å²) < 4.78 is 5.47. The molecular weight excluding hydrogens is 214 g/mol. The van der Waals surface area contributed by atoms with E-state index in [-0.39, 0.29) is 12.6 Å². The minimum absolute atomic E-state index is 0.0954. The minimum Gasteiger partial charge on any atom is -0.394 e. The van der Waals surface area contributed by atoms with Crippen molar-refractivity contribution in [3.8, 4) is 0 Å². The van der Waals surface area contributed by atoms with E-state index in [1.807, 2.05) is 0 Å². The van der Waals surface area contributed by atoms with E-state index in [4.69, 9.17) is 4.74 Å². The lowest BCUT2D eigenvalue weighted by atomic mass is 9.94. The van der Waals surface area contributed by atoms with Crippen LogP contribution >= 0.6 is 0 Å². The molecule has 2 N–H and O–H groups in total. The minimum atomic E-state index is 0.0954. The van der Waals surface area contributed by atoms with Gasteiger partial charge in [0, 0.05) is 18.2 Å². The topological polar surface area (TPSA) is 41.5 Å². The summed E-state index contributed by atoms with van der Waals surface area (Å²) in [6, 6.07) is 8.36. The Morgan fingerprint density at radius 1 is 1.41 bits per heavy atom. The average molecular weight is 235 g/mol. The summed E-state index contributed by atoms with van der Waals surface area (Å²) in [6.45, 7) is 3.84. The number of aliphatic hydroxyl groups excluding tert-OH is 1. The molecule has 3 heteroatoms. The maximum Gasteiger partial charge on any atom is 0.0636 e. The lowest BCUT2D eigenvalue weighted by molar-refractivity contribution is 0.0392. The molecule has 0 aliphatic carbocycles. The molecule has 94 valence electrons. The van der Waals surface area contributed by atoms with E-state index in [2.05, 4.69) is 36.5 Å². The van der Waals surface area contributed by atoms with Gasteiger partial charge in [-0.25, -0.2) is 0 Å². The number of rotatable bonds is 4. The molecule has 0 spiro atoms. The first kappa shape index (κ1) is 12.4. The molecule has 0 aromatic heterocycles. The summed E-state index contributed by atoms with van der Waals surface area (Å²) in [7, 11) is 0. The number of aryl methyl sites for hydroxylation is 1. The van der Waals surface area contributed by atoms with Crippen LogP contribution in [0.5, 0.6) is 0 Å². The van der Waals surface area contributed by atoms with Crippen LogP contribution in [0, 0.1) is 12.8 Å². The second-order valence-electron chi connectivity index (χ2n) is 4.78. The maximum absolute atomic E-state index is 9.48. The molecular formula is C14H21NO2. The molecule has 1 aliphatic heterocycles. The number of nitrogens with one attached hydrogen (secondary N) is 1. The van der Waals surface area contributed by atoms with Crippen LogP contribution in [0.2, 0.25) is 0 Å². The number of anilines is 1. The monoisotopic (exact) mass is 235 g/mol. The second kappa shape index (κ2) is 6.03. The zero-order valence-corrected chi connectivity index (χ0v) is 10.4. The van der Waals surface area contributed by atoms with Crippen LogP contribution in [0.4, 0.5) is 5.69 Å². The SMILES string of the molecule is Cc1ccc(NC(CO)C2CCCOC2)cc1. The Labute approximate surface area is 103 Å². The molecule has 1 saturated heterocycles. The number of hydrogen-bond donors (Lipinski definition) is 2. The molecule has 0 saturated carbocycles. The molecule has 2 unspecified atom stereocenters. The first-order valence-electron chi connectivity index (χ1n) is 6.31. The van der Waals surface area contributed by atoms with Crippen LogP contribution in [-0.4, -0.2) is 31.0 Å². The molecule has 0 amide bonds. The fourth-order valence-corrected chi connectivity index (χ4v) is 2.26. The molecule has 2 atom stereocenters. The van der Waals surface area contributed by atoms with Gasteiger partial charge in [-0.1, -0.05) is 17.7 Å². The largest absolute Gasteiger partial charge is 0.394 e. The molecule has 3 nitrogen and oxygen atoms in total. The first-order chi connectivity index (χ1) is 8.29. The van der Waals surface area contributed by atoms with Gasteiger partial charge in [0.05, 0.1) is 19.3 Å². The van der Waals surface area contributed by atoms with E-state index in [9.17, 15) is 5.11 Å². The Balaban J connectivity index is 1.96. The summed E-state index contributed by atoms with van der Waals surface area (Å²) in [5, 5.41) is 12.9. The summed E-state index contributed by atoms with van der Waals surface area (Å²) in [4.78, 5) is 0. The van der Waals surface area contributed by atoms with E-state index in [0.717, 1.165) is 31.7 Å². The Bertz CT molecular complexity index is 331. The van der Waals surface area contributed by atoms with Gasteiger partial charge in [-0.2, -0.15) is 0 Å². The number of aliphatic hydroxyl groups is 1. The highest BCUT2D eigenvalue weighted by molar-refractivity contribution is 5.45. The lowest BCUT2D eigenvalue weighted by Gasteiger charge is -2.30. The van der Waals surface area contributed by atoms with Gasteiger partial charge in [-0.15, -0.1) is 0 Å². The van der Waals surface area contributed by atoms with E-state index < -0.39 is 0 Å². The zero-order valence-electron chi connectivity index (χ0n) is 10.4. The quantitative estimate of drug-likeness (QED) is 0.840. The highest BCUT2D eigenvalue weighted by Crippen LogP contribution is 2.21. The summed E-state index contributed by atoms with van der Waals surface area (Å²) in [5.41, 5.74) is 2.32. The van der Waals surface area contributed by atoms with Crippen molar-refractivity contribution in [2.75, 3.05) is 25.1 Å². The van der Waals surface area contributed by atoms with Gasteiger partial charge in [-0.3, -0.25) is 0 Å². The van der Waals surface area contributed by atoms with Crippen molar-refractivity contribution < 1.29 is 9.84 Å². The predicted molar refractivity (Wildman–Crippen MR) is 69.2 cm³/mol. The van der Waals surface area contributed by atoms with Crippen LogP contribution in [0.3, 0.4) is 0 Å². The van der Waals surface area contributed by atoms with Crippen molar-refractivity contribution in [2.45, 2.75) is 25.8 Å². The van der Waals surface area contributed by atoms with Crippen LogP contribution < -0.4 is 5.32 Å². The predicted octanol–water partition coefficient (Wildman–Crippen LogP) is 2.19. The third kappa shape index (κ3) is 3.45. The molecule has 1 aromatic rings. The van der Waals surface area contributed by atoms with E-state index in [1.165, 1.54) is 5.56 Å². The fraction of sp³-hybridized carbons (Fsp3) is 0.571.